The average molecular weight is 382 g/mol. The van der Waals surface area contributed by atoms with E-state index in [0.29, 0.717) is 23.2 Å². The van der Waals surface area contributed by atoms with E-state index in [0.717, 1.165) is 25.0 Å². The Balaban J connectivity index is 1.92. The van der Waals surface area contributed by atoms with Crippen molar-refractivity contribution < 1.29 is 9.53 Å². The maximum absolute atomic E-state index is 12.1. The largest absolute Gasteiger partial charge is 0.379 e. The van der Waals surface area contributed by atoms with Crippen LogP contribution in [0.15, 0.2) is 10.9 Å². The van der Waals surface area contributed by atoms with Crippen LogP contribution in [0.1, 0.15) is 39.3 Å². The summed E-state index contributed by atoms with van der Waals surface area (Å²) < 4.78 is 6.73. The lowest BCUT2D eigenvalue weighted by molar-refractivity contribution is -0.119. The minimum Gasteiger partial charge on any atom is -0.379 e. The molecule has 144 valence electrons. The molecular formula is C17H27N5O3S. The van der Waals surface area contributed by atoms with Crippen molar-refractivity contribution in [3.05, 3.63) is 22.1 Å². The van der Waals surface area contributed by atoms with Crippen molar-refractivity contribution in [1.82, 2.24) is 19.9 Å². The summed E-state index contributed by atoms with van der Waals surface area (Å²) in [5.41, 5.74) is 0.584. The van der Waals surface area contributed by atoms with Crippen LogP contribution in [0.3, 0.4) is 0 Å². The molecule has 1 amide bonds. The molecule has 0 saturated carbocycles. The van der Waals surface area contributed by atoms with Crippen LogP contribution >= 0.6 is 11.3 Å². The van der Waals surface area contributed by atoms with Crippen LogP contribution in [0.25, 0.3) is 4.96 Å². The van der Waals surface area contributed by atoms with Gasteiger partial charge in [0.25, 0.3) is 5.56 Å². The zero-order valence-electron chi connectivity index (χ0n) is 15.8. The fraction of sp³-hybridized carbons (Fsp3) is 0.647. The number of ether oxygens (including phenoxy) is 1. The zero-order chi connectivity index (χ0) is 19.1. The Morgan fingerprint density at radius 2 is 2.23 bits per heavy atom. The van der Waals surface area contributed by atoms with E-state index in [9.17, 15) is 9.59 Å². The minimum atomic E-state index is -0.191. The molecule has 0 spiro atoms. The normalized spacial score (nSPS) is 11.3. The molecule has 0 bridgehead atoms. The van der Waals surface area contributed by atoms with E-state index >= 15 is 0 Å². The number of rotatable bonds is 10. The van der Waals surface area contributed by atoms with Crippen LogP contribution in [-0.4, -0.2) is 53.4 Å². The second-order valence-corrected chi connectivity index (χ2v) is 7.33. The number of aryl methyl sites for hydroxylation is 1. The number of carbonyl (C=O) groups excluding carboxylic acids is 1. The van der Waals surface area contributed by atoms with Gasteiger partial charge in [0.15, 0.2) is 0 Å². The molecule has 2 aromatic rings. The summed E-state index contributed by atoms with van der Waals surface area (Å²) in [6, 6.07) is 1.52. The van der Waals surface area contributed by atoms with Gasteiger partial charge in [-0.15, -0.1) is 5.10 Å². The third kappa shape index (κ3) is 5.77. The Kier molecular flexibility index (Phi) is 7.52. The fourth-order valence-corrected chi connectivity index (χ4v) is 3.23. The Morgan fingerprint density at radius 1 is 1.46 bits per heavy atom. The first-order chi connectivity index (χ1) is 12.4. The summed E-state index contributed by atoms with van der Waals surface area (Å²) in [5, 5.41) is 7.73. The molecule has 26 heavy (non-hydrogen) atoms. The lowest BCUT2D eigenvalue weighted by atomic mass is 10.2. The van der Waals surface area contributed by atoms with Crippen LogP contribution in [0.5, 0.6) is 0 Å². The number of anilines is 1. The van der Waals surface area contributed by atoms with E-state index in [4.69, 9.17) is 4.74 Å². The Morgan fingerprint density at radius 3 is 2.92 bits per heavy atom. The number of amides is 1. The first kappa shape index (κ1) is 20.3. The molecule has 0 atom stereocenters. The number of fused-ring (bicyclic) bond motifs is 1. The number of hydrogen-bond donors (Lipinski definition) is 1. The molecule has 0 aliphatic rings. The van der Waals surface area contributed by atoms with Gasteiger partial charge >= 0.3 is 0 Å². The van der Waals surface area contributed by atoms with Gasteiger partial charge in [-0.2, -0.15) is 4.52 Å². The van der Waals surface area contributed by atoms with Gasteiger partial charge in [0.05, 0.1) is 12.6 Å². The van der Waals surface area contributed by atoms with Gasteiger partial charge in [0.2, 0.25) is 16.0 Å². The van der Waals surface area contributed by atoms with Gasteiger partial charge in [0, 0.05) is 32.0 Å². The van der Waals surface area contributed by atoms with E-state index < -0.39 is 0 Å². The zero-order valence-corrected chi connectivity index (χ0v) is 16.6. The van der Waals surface area contributed by atoms with Crippen molar-refractivity contribution in [3.63, 3.8) is 0 Å². The van der Waals surface area contributed by atoms with Crippen LogP contribution in [0.2, 0.25) is 0 Å². The standard InChI is InChI=1S/C17H27N5O3S/c1-5-7-13-10-15(24)22-16(19-13)26-17(20-22)21(4)11-14(23)18-8-6-9-25-12(2)3/h10,12H,5-9,11H2,1-4H3,(H,18,23). The highest BCUT2D eigenvalue weighted by molar-refractivity contribution is 7.20. The summed E-state index contributed by atoms with van der Waals surface area (Å²) in [6.07, 6.45) is 2.66. The van der Waals surface area contributed by atoms with E-state index in [1.54, 1.807) is 11.9 Å². The lowest BCUT2D eigenvalue weighted by Crippen LogP contribution is -2.36. The second kappa shape index (κ2) is 9.63. The summed E-state index contributed by atoms with van der Waals surface area (Å²) in [7, 11) is 1.77. The van der Waals surface area contributed by atoms with Crippen molar-refractivity contribution in [1.29, 1.82) is 0 Å². The molecule has 0 radical (unpaired) electrons. The predicted molar refractivity (Wildman–Crippen MR) is 103 cm³/mol. The number of aromatic nitrogens is 3. The second-order valence-electron chi connectivity index (χ2n) is 6.39. The molecular weight excluding hydrogens is 354 g/mol. The molecule has 2 heterocycles. The van der Waals surface area contributed by atoms with Crippen molar-refractivity contribution in [2.75, 3.05) is 31.6 Å². The van der Waals surface area contributed by atoms with Gasteiger partial charge in [-0.25, -0.2) is 4.98 Å². The molecule has 2 rings (SSSR count). The van der Waals surface area contributed by atoms with Gasteiger partial charge in [0.1, 0.15) is 0 Å². The number of nitrogens with one attached hydrogen (secondary N) is 1. The number of likely N-dealkylation sites (N-methyl/N-ethyl adjacent to an activating group) is 1. The Labute approximate surface area is 157 Å². The van der Waals surface area contributed by atoms with Crippen LogP contribution < -0.4 is 15.8 Å². The van der Waals surface area contributed by atoms with E-state index in [1.807, 2.05) is 20.8 Å². The van der Waals surface area contributed by atoms with Crippen molar-refractivity contribution in [2.24, 2.45) is 0 Å². The molecule has 0 fully saturated rings. The quantitative estimate of drug-likeness (QED) is 0.627. The summed E-state index contributed by atoms with van der Waals surface area (Å²) in [6.45, 7) is 7.37. The van der Waals surface area contributed by atoms with Gasteiger partial charge < -0.3 is 15.0 Å². The monoisotopic (exact) mass is 381 g/mol. The molecule has 1 N–H and O–H groups in total. The highest BCUT2D eigenvalue weighted by Gasteiger charge is 2.14. The van der Waals surface area contributed by atoms with Gasteiger partial charge in [-0.05, 0) is 26.7 Å². The molecule has 0 unspecified atom stereocenters. The topological polar surface area (TPSA) is 88.8 Å². The maximum atomic E-state index is 12.1. The third-order valence-corrected chi connectivity index (χ3v) is 4.62. The van der Waals surface area contributed by atoms with Crippen molar-refractivity contribution in [3.8, 4) is 0 Å². The molecule has 2 aromatic heterocycles. The first-order valence-corrected chi connectivity index (χ1v) is 9.71. The Bertz CT molecular complexity index is 786. The summed E-state index contributed by atoms with van der Waals surface area (Å²) >= 11 is 1.30. The smallest absolute Gasteiger partial charge is 0.275 e. The van der Waals surface area contributed by atoms with Crippen molar-refractivity contribution >= 4 is 27.3 Å². The average Bonchev–Trinajstić information content (AvgIpc) is 2.99. The highest BCUT2D eigenvalue weighted by Crippen LogP contribution is 2.20. The van der Waals surface area contributed by atoms with Crippen LogP contribution in [-0.2, 0) is 16.0 Å². The molecule has 8 nitrogen and oxygen atoms in total. The number of carbonyl (C=O) groups is 1. The van der Waals surface area contributed by atoms with E-state index in [-0.39, 0.29) is 24.1 Å². The maximum Gasteiger partial charge on any atom is 0.275 e. The van der Waals surface area contributed by atoms with E-state index in [1.165, 1.54) is 21.9 Å². The molecule has 0 aliphatic carbocycles. The van der Waals surface area contributed by atoms with Gasteiger partial charge in [-0.3, -0.25) is 9.59 Å². The summed E-state index contributed by atoms with van der Waals surface area (Å²) in [5.74, 6) is -0.0942. The van der Waals surface area contributed by atoms with E-state index in [2.05, 4.69) is 15.4 Å². The minimum absolute atomic E-state index is 0.0942. The van der Waals surface area contributed by atoms with Crippen LogP contribution in [0.4, 0.5) is 5.13 Å². The predicted octanol–water partition coefficient (Wildman–Crippen LogP) is 1.47. The lowest BCUT2D eigenvalue weighted by Gasteiger charge is -2.14. The third-order valence-electron chi connectivity index (χ3n) is 3.60. The Hall–Kier alpha value is -2.00. The molecule has 0 aromatic carbocycles. The number of nitrogens with zero attached hydrogens (tertiary/aromatic N) is 4. The fourth-order valence-electron chi connectivity index (χ4n) is 2.34. The molecule has 9 heteroatoms. The van der Waals surface area contributed by atoms with Crippen molar-refractivity contribution in [2.45, 2.75) is 46.1 Å². The summed E-state index contributed by atoms with van der Waals surface area (Å²) in [4.78, 5) is 30.9. The first-order valence-electron chi connectivity index (χ1n) is 8.90. The number of hydrogen-bond acceptors (Lipinski definition) is 7. The SMILES string of the molecule is CCCc1cc(=O)n2nc(N(C)CC(=O)NCCCOC(C)C)sc2n1. The van der Waals surface area contributed by atoms with Gasteiger partial charge in [-0.1, -0.05) is 24.7 Å². The highest BCUT2D eigenvalue weighted by atomic mass is 32.1. The van der Waals surface area contributed by atoms with Crippen LogP contribution in [0, 0.1) is 0 Å². The molecule has 0 saturated heterocycles. The molecule has 0 aliphatic heterocycles.